The highest BCUT2D eigenvalue weighted by atomic mass is 35.5. The quantitative estimate of drug-likeness (QED) is 0.668. The fraction of sp³-hybridized carbons (Fsp3) is 0.500. The second-order valence-electron chi connectivity index (χ2n) is 3.40. The van der Waals surface area contributed by atoms with Crippen LogP contribution >= 0.6 is 22.9 Å². The van der Waals surface area contributed by atoms with Crippen molar-refractivity contribution in [2.45, 2.75) is 17.7 Å². The Morgan fingerprint density at radius 1 is 1.53 bits per heavy atom. The summed E-state index contributed by atoms with van der Waals surface area (Å²) in [7, 11) is -0.575. The Morgan fingerprint density at radius 3 is 2.59 bits per heavy atom. The molecule has 0 fully saturated rings. The van der Waals surface area contributed by atoms with Gasteiger partial charge < -0.3 is 5.32 Å². The normalized spacial score (nSPS) is 11.8. The lowest BCUT2D eigenvalue weighted by molar-refractivity contribution is 0.259. The van der Waals surface area contributed by atoms with Crippen molar-refractivity contribution < 1.29 is 13.2 Å². The minimum absolute atomic E-state index is 0.122. The van der Waals surface area contributed by atoms with Crippen molar-refractivity contribution in [2.75, 3.05) is 14.1 Å². The molecule has 0 aliphatic heterocycles. The van der Waals surface area contributed by atoms with E-state index < -0.39 is 15.4 Å². The Labute approximate surface area is 109 Å². The molecule has 17 heavy (non-hydrogen) atoms. The summed E-state index contributed by atoms with van der Waals surface area (Å²) in [4.78, 5) is 14.6. The zero-order valence-electron chi connectivity index (χ0n) is 9.52. The first kappa shape index (κ1) is 14.4. The largest absolute Gasteiger partial charge is 0.336 e. The van der Waals surface area contributed by atoms with E-state index in [0.29, 0.717) is 10.7 Å². The molecule has 1 amide bonds. The molecule has 1 aromatic heterocycles. The molecule has 0 unspecified atom stereocenters. The highest BCUT2D eigenvalue weighted by Gasteiger charge is 2.23. The van der Waals surface area contributed by atoms with Gasteiger partial charge in [0, 0.05) is 14.1 Å². The SMILES string of the molecule is Cc1nc(CNC(=O)Cl)sc1S(=O)(=O)N(C)C. The van der Waals surface area contributed by atoms with Gasteiger partial charge in [-0.25, -0.2) is 17.7 Å². The Bertz CT molecular complexity index is 524. The molecule has 96 valence electrons. The zero-order chi connectivity index (χ0) is 13.2. The van der Waals surface area contributed by atoms with Crippen LogP contribution in [0, 0.1) is 6.92 Å². The molecule has 0 bridgehead atoms. The molecule has 6 nitrogen and oxygen atoms in total. The smallest absolute Gasteiger partial charge is 0.314 e. The molecule has 0 aromatic carbocycles. The molecule has 9 heteroatoms. The summed E-state index contributed by atoms with van der Waals surface area (Å²) < 4.78 is 25.1. The summed E-state index contributed by atoms with van der Waals surface area (Å²) in [5.41, 5.74) is 0.419. The van der Waals surface area contributed by atoms with E-state index in [4.69, 9.17) is 11.6 Å². The van der Waals surface area contributed by atoms with Crippen LogP contribution in [0.3, 0.4) is 0 Å². The number of carbonyl (C=O) groups excluding carboxylic acids is 1. The molecule has 1 aromatic rings. The van der Waals surface area contributed by atoms with Gasteiger partial charge >= 0.3 is 5.37 Å². The second kappa shape index (κ2) is 5.30. The van der Waals surface area contributed by atoms with Gasteiger partial charge in [-0.2, -0.15) is 0 Å². The van der Waals surface area contributed by atoms with Crippen molar-refractivity contribution in [1.29, 1.82) is 0 Å². The van der Waals surface area contributed by atoms with E-state index in [1.165, 1.54) is 14.1 Å². The van der Waals surface area contributed by atoms with Crippen LogP contribution in [0.1, 0.15) is 10.7 Å². The van der Waals surface area contributed by atoms with Crippen LogP contribution in [0.2, 0.25) is 0 Å². The number of nitrogens with one attached hydrogen (secondary N) is 1. The van der Waals surface area contributed by atoms with Gasteiger partial charge in [0.05, 0.1) is 12.2 Å². The van der Waals surface area contributed by atoms with Gasteiger partial charge in [-0.05, 0) is 18.5 Å². The summed E-state index contributed by atoms with van der Waals surface area (Å²) in [6.45, 7) is 1.73. The second-order valence-corrected chi connectivity index (χ2v) is 7.17. The Morgan fingerprint density at radius 2 is 2.12 bits per heavy atom. The van der Waals surface area contributed by atoms with Crippen LogP contribution < -0.4 is 5.32 Å². The monoisotopic (exact) mass is 297 g/mol. The van der Waals surface area contributed by atoms with Crippen molar-refractivity contribution in [2.24, 2.45) is 0 Å². The van der Waals surface area contributed by atoms with E-state index in [0.717, 1.165) is 15.6 Å². The Kier molecular flexibility index (Phi) is 4.48. The maximum absolute atomic E-state index is 11.9. The van der Waals surface area contributed by atoms with Crippen LogP contribution in [0.5, 0.6) is 0 Å². The van der Waals surface area contributed by atoms with E-state index in [1.54, 1.807) is 6.92 Å². The Balaban J connectivity index is 3.01. The number of aromatic nitrogens is 1. The van der Waals surface area contributed by atoms with Crippen LogP contribution in [0.15, 0.2) is 4.21 Å². The zero-order valence-corrected chi connectivity index (χ0v) is 11.9. The number of hydrogen-bond donors (Lipinski definition) is 1. The lowest BCUT2D eigenvalue weighted by atomic mass is 10.6. The van der Waals surface area contributed by atoms with Crippen molar-refractivity contribution in [3.8, 4) is 0 Å². The average molecular weight is 298 g/mol. The summed E-state index contributed by atoms with van der Waals surface area (Å²) in [6, 6.07) is 0. The number of sulfonamides is 1. The third-order valence-electron chi connectivity index (χ3n) is 1.89. The van der Waals surface area contributed by atoms with Gasteiger partial charge in [0.2, 0.25) is 0 Å². The predicted molar refractivity (Wildman–Crippen MR) is 65.8 cm³/mol. The third-order valence-corrected chi connectivity index (χ3v) is 5.58. The van der Waals surface area contributed by atoms with E-state index in [9.17, 15) is 13.2 Å². The standard InChI is InChI=1S/C8H12ClN3O3S2/c1-5-7(17(14,15)12(2)3)16-6(11-5)4-10-8(9)13/h4H2,1-3H3,(H,10,13). The number of aryl methyl sites for hydroxylation is 1. The minimum atomic E-state index is -3.48. The Hall–Kier alpha value is -0.700. The van der Waals surface area contributed by atoms with Gasteiger partial charge in [0.25, 0.3) is 10.0 Å². The first-order valence-electron chi connectivity index (χ1n) is 4.57. The van der Waals surface area contributed by atoms with Gasteiger partial charge in [-0.1, -0.05) is 0 Å². The molecular weight excluding hydrogens is 286 g/mol. The molecule has 0 radical (unpaired) electrons. The van der Waals surface area contributed by atoms with Gasteiger partial charge in [-0.3, -0.25) is 4.79 Å². The number of rotatable bonds is 4. The number of halogens is 1. The van der Waals surface area contributed by atoms with Crippen molar-refractivity contribution >= 4 is 38.3 Å². The van der Waals surface area contributed by atoms with Gasteiger partial charge in [0.1, 0.15) is 5.01 Å². The summed E-state index contributed by atoms with van der Waals surface area (Å²) in [5, 5.41) is 2.15. The number of hydrogen-bond acceptors (Lipinski definition) is 5. The van der Waals surface area contributed by atoms with E-state index in [1.807, 2.05) is 0 Å². The third kappa shape index (κ3) is 3.38. The molecule has 1 rings (SSSR count). The highest BCUT2D eigenvalue weighted by molar-refractivity contribution is 7.91. The van der Waals surface area contributed by atoms with Crippen molar-refractivity contribution in [3.05, 3.63) is 10.7 Å². The number of nitrogens with zero attached hydrogens (tertiary/aromatic N) is 2. The van der Waals surface area contributed by atoms with Crippen LogP contribution in [0.25, 0.3) is 0 Å². The molecule has 0 atom stereocenters. The molecule has 0 saturated carbocycles. The number of amides is 1. The highest BCUT2D eigenvalue weighted by Crippen LogP contribution is 2.25. The van der Waals surface area contributed by atoms with Gasteiger partial charge in [-0.15, -0.1) is 11.3 Å². The molecule has 0 spiro atoms. The first-order chi connectivity index (χ1) is 7.75. The van der Waals surface area contributed by atoms with E-state index in [2.05, 4.69) is 10.3 Å². The van der Waals surface area contributed by atoms with Crippen LogP contribution in [-0.2, 0) is 16.6 Å². The van der Waals surface area contributed by atoms with Crippen LogP contribution in [-0.4, -0.2) is 37.2 Å². The summed E-state index contributed by atoms with van der Waals surface area (Å²) in [6.07, 6.45) is 0. The maximum atomic E-state index is 11.9. The summed E-state index contributed by atoms with van der Waals surface area (Å²) in [5.74, 6) is 0. The molecular formula is C8H12ClN3O3S2. The van der Waals surface area contributed by atoms with E-state index in [-0.39, 0.29) is 10.8 Å². The first-order valence-corrected chi connectivity index (χ1v) is 7.20. The van der Waals surface area contributed by atoms with E-state index >= 15 is 0 Å². The predicted octanol–water partition coefficient (Wildman–Crippen LogP) is 1.15. The molecule has 1 heterocycles. The summed E-state index contributed by atoms with van der Waals surface area (Å²) >= 11 is 6.14. The van der Waals surface area contributed by atoms with Crippen molar-refractivity contribution in [3.63, 3.8) is 0 Å². The molecule has 0 saturated heterocycles. The lowest BCUT2D eigenvalue weighted by Crippen LogP contribution is -2.21. The van der Waals surface area contributed by atoms with Gasteiger partial charge in [0.15, 0.2) is 4.21 Å². The minimum Gasteiger partial charge on any atom is -0.336 e. The average Bonchev–Trinajstić information content (AvgIpc) is 2.57. The lowest BCUT2D eigenvalue weighted by Gasteiger charge is -2.08. The molecule has 0 aliphatic carbocycles. The fourth-order valence-corrected chi connectivity index (χ4v) is 3.77. The fourth-order valence-electron chi connectivity index (χ4n) is 1.06. The molecule has 0 aliphatic rings. The topological polar surface area (TPSA) is 79.4 Å². The van der Waals surface area contributed by atoms with Crippen molar-refractivity contribution in [1.82, 2.24) is 14.6 Å². The number of carbonyl (C=O) groups is 1. The molecule has 1 N–H and O–H groups in total. The maximum Gasteiger partial charge on any atom is 0.314 e. The number of thiazole rings is 1. The van der Waals surface area contributed by atoms with Crippen LogP contribution in [0.4, 0.5) is 4.79 Å².